The highest BCUT2D eigenvalue weighted by atomic mass is 35.5. The molecule has 24 heavy (non-hydrogen) atoms. The smallest absolute Gasteiger partial charge is 0.238 e. The van der Waals surface area contributed by atoms with Gasteiger partial charge in [-0.2, -0.15) is 0 Å². The Morgan fingerprint density at radius 2 is 2.00 bits per heavy atom. The van der Waals surface area contributed by atoms with E-state index in [1.54, 1.807) is 18.2 Å². The Labute approximate surface area is 151 Å². The van der Waals surface area contributed by atoms with Gasteiger partial charge in [-0.15, -0.1) is 0 Å². The third kappa shape index (κ3) is 5.34. The van der Waals surface area contributed by atoms with Crippen molar-refractivity contribution in [3.05, 3.63) is 28.2 Å². The second-order valence-electron chi connectivity index (χ2n) is 5.80. The van der Waals surface area contributed by atoms with Crippen LogP contribution in [0.1, 0.15) is 12.8 Å². The molecule has 132 valence electrons. The molecule has 1 atom stereocenters. The summed E-state index contributed by atoms with van der Waals surface area (Å²) in [6.45, 7) is 2.43. The predicted molar refractivity (Wildman–Crippen MR) is 96.3 cm³/mol. The number of piperidine rings is 1. The summed E-state index contributed by atoms with van der Waals surface area (Å²) >= 11 is 12.1. The zero-order chi connectivity index (χ0) is 17.5. The highest BCUT2D eigenvalue weighted by molar-refractivity contribution is 6.39. The fourth-order valence-corrected chi connectivity index (χ4v) is 3.24. The van der Waals surface area contributed by atoms with Gasteiger partial charge < -0.3 is 16.4 Å². The first-order valence-corrected chi connectivity index (χ1v) is 8.71. The summed E-state index contributed by atoms with van der Waals surface area (Å²) in [7, 11) is 0. The van der Waals surface area contributed by atoms with E-state index < -0.39 is 0 Å². The van der Waals surface area contributed by atoms with Crippen molar-refractivity contribution in [2.45, 2.75) is 12.8 Å². The molecule has 1 aromatic rings. The second-order valence-corrected chi connectivity index (χ2v) is 6.61. The maximum Gasteiger partial charge on any atom is 0.238 e. The van der Waals surface area contributed by atoms with E-state index in [0.29, 0.717) is 35.4 Å². The zero-order valence-corrected chi connectivity index (χ0v) is 14.9. The first kappa shape index (κ1) is 19.0. The van der Waals surface area contributed by atoms with Gasteiger partial charge in [0.1, 0.15) is 0 Å². The summed E-state index contributed by atoms with van der Waals surface area (Å²) in [6, 6.07) is 5.05. The largest absolute Gasteiger partial charge is 0.355 e. The quantitative estimate of drug-likeness (QED) is 0.709. The maximum atomic E-state index is 12.2. The Bertz CT molecular complexity index is 577. The zero-order valence-electron chi connectivity index (χ0n) is 13.4. The van der Waals surface area contributed by atoms with Crippen LogP contribution in [0.3, 0.4) is 0 Å². The van der Waals surface area contributed by atoms with Gasteiger partial charge in [-0.05, 0) is 31.5 Å². The molecule has 0 spiro atoms. The van der Waals surface area contributed by atoms with Crippen LogP contribution >= 0.6 is 23.2 Å². The number of amides is 2. The molecule has 1 aliphatic heterocycles. The number of likely N-dealkylation sites (tertiary alicyclic amines) is 1. The Morgan fingerprint density at radius 3 is 2.67 bits per heavy atom. The number of carbonyl (C=O) groups is 2. The summed E-state index contributed by atoms with van der Waals surface area (Å²) in [5.74, 6) is -0.310. The van der Waals surface area contributed by atoms with Crippen LogP contribution < -0.4 is 16.4 Å². The molecule has 1 aliphatic rings. The average molecular weight is 373 g/mol. The summed E-state index contributed by atoms with van der Waals surface area (Å²) in [5.41, 5.74) is 5.81. The molecule has 0 bridgehead atoms. The van der Waals surface area contributed by atoms with Crippen LogP contribution in [-0.4, -0.2) is 49.4 Å². The molecule has 1 saturated heterocycles. The van der Waals surface area contributed by atoms with Crippen molar-refractivity contribution < 1.29 is 9.59 Å². The van der Waals surface area contributed by atoms with Crippen molar-refractivity contribution in [2.75, 3.05) is 38.0 Å². The Morgan fingerprint density at radius 1 is 1.29 bits per heavy atom. The molecule has 0 radical (unpaired) electrons. The van der Waals surface area contributed by atoms with Crippen molar-refractivity contribution in [1.29, 1.82) is 0 Å². The van der Waals surface area contributed by atoms with E-state index in [2.05, 4.69) is 10.6 Å². The third-order valence-corrected chi connectivity index (χ3v) is 4.54. The lowest BCUT2D eigenvalue weighted by molar-refractivity contribution is -0.127. The highest BCUT2D eigenvalue weighted by Crippen LogP contribution is 2.29. The molecule has 2 amide bonds. The van der Waals surface area contributed by atoms with Crippen molar-refractivity contribution >= 4 is 40.7 Å². The molecule has 0 aromatic heterocycles. The van der Waals surface area contributed by atoms with Gasteiger partial charge in [0.2, 0.25) is 11.8 Å². The Kier molecular flexibility index (Phi) is 7.30. The first-order valence-electron chi connectivity index (χ1n) is 7.95. The van der Waals surface area contributed by atoms with E-state index >= 15 is 0 Å². The molecule has 2 rings (SSSR count). The molecule has 1 aromatic carbocycles. The summed E-state index contributed by atoms with van der Waals surface area (Å²) < 4.78 is 0. The number of hydrogen-bond acceptors (Lipinski definition) is 4. The maximum absolute atomic E-state index is 12.2. The standard InChI is InChI=1S/C16H22Cl2N4O2/c17-12-4-1-5-13(18)15(12)21-14(23)10-22-8-2-3-11(9-22)16(24)20-7-6-19/h1,4-5,11H,2-3,6-10,19H2,(H,20,24)(H,21,23). The van der Waals surface area contributed by atoms with Crippen LogP contribution in [0.2, 0.25) is 10.0 Å². The van der Waals surface area contributed by atoms with Crippen LogP contribution in [0.25, 0.3) is 0 Å². The van der Waals surface area contributed by atoms with Gasteiger partial charge in [-0.25, -0.2) is 0 Å². The predicted octanol–water partition coefficient (Wildman–Crippen LogP) is 1.72. The van der Waals surface area contributed by atoms with Crippen LogP contribution in [0.4, 0.5) is 5.69 Å². The number of nitrogens with one attached hydrogen (secondary N) is 2. The summed E-state index contributed by atoms with van der Waals surface area (Å²) in [5, 5.41) is 6.34. The van der Waals surface area contributed by atoms with Crippen molar-refractivity contribution in [1.82, 2.24) is 10.2 Å². The number of carbonyl (C=O) groups excluding carboxylic acids is 2. The normalized spacial score (nSPS) is 18.2. The minimum atomic E-state index is -0.201. The van der Waals surface area contributed by atoms with E-state index in [0.717, 1.165) is 19.4 Å². The van der Waals surface area contributed by atoms with Crippen LogP contribution in [0.5, 0.6) is 0 Å². The molecular weight excluding hydrogens is 351 g/mol. The molecule has 1 fully saturated rings. The SMILES string of the molecule is NCCNC(=O)C1CCCN(CC(=O)Nc2c(Cl)cccc2Cl)C1. The second kappa shape index (κ2) is 9.22. The molecule has 0 saturated carbocycles. The van der Waals surface area contributed by atoms with Gasteiger partial charge in [0.05, 0.1) is 28.2 Å². The van der Waals surface area contributed by atoms with Crippen LogP contribution in [0.15, 0.2) is 18.2 Å². The van der Waals surface area contributed by atoms with E-state index in [4.69, 9.17) is 28.9 Å². The number of nitrogens with zero attached hydrogens (tertiary/aromatic N) is 1. The van der Waals surface area contributed by atoms with Crippen LogP contribution in [-0.2, 0) is 9.59 Å². The van der Waals surface area contributed by atoms with Crippen molar-refractivity contribution in [3.63, 3.8) is 0 Å². The molecule has 0 aliphatic carbocycles. The minimum absolute atomic E-state index is 0.000272. The summed E-state index contributed by atoms with van der Waals surface area (Å²) in [4.78, 5) is 26.3. The summed E-state index contributed by atoms with van der Waals surface area (Å²) in [6.07, 6.45) is 1.70. The number of anilines is 1. The van der Waals surface area contributed by atoms with E-state index in [9.17, 15) is 9.59 Å². The molecule has 4 N–H and O–H groups in total. The van der Waals surface area contributed by atoms with E-state index in [-0.39, 0.29) is 24.3 Å². The van der Waals surface area contributed by atoms with Gasteiger partial charge in [0, 0.05) is 19.6 Å². The number of hydrogen-bond donors (Lipinski definition) is 3. The van der Waals surface area contributed by atoms with Gasteiger partial charge in [0.15, 0.2) is 0 Å². The monoisotopic (exact) mass is 372 g/mol. The van der Waals surface area contributed by atoms with Gasteiger partial charge in [0.25, 0.3) is 0 Å². The van der Waals surface area contributed by atoms with E-state index in [1.807, 2.05) is 4.90 Å². The molecule has 6 nitrogen and oxygen atoms in total. The van der Waals surface area contributed by atoms with Crippen molar-refractivity contribution in [3.8, 4) is 0 Å². The number of nitrogens with two attached hydrogens (primary N) is 1. The number of benzene rings is 1. The fourth-order valence-electron chi connectivity index (χ4n) is 2.75. The van der Waals surface area contributed by atoms with Gasteiger partial charge >= 0.3 is 0 Å². The fraction of sp³-hybridized carbons (Fsp3) is 0.500. The number of rotatable bonds is 6. The third-order valence-electron chi connectivity index (χ3n) is 3.91. The van der Waals surface area contributed by atoms with Gasteiger partial charge in [-0.3, -0.25) is 14.5 Å². The lowest BCUT2D eigenvalue weighted by atomic mass is 9.97. The lowest BCUT2D eigenvalue weighted by Crippen LogP contribution is -2.46. The molecule has 1 unspecified atom stereocenters. The molecule has 1 heterocycles. The van der Waals surface area contributed by atoms with E-state index in [1.165, 1.54) is 0 Å². The average Bonchev–Trinajstić information content (AvgIpc) is 2.56. The first-order chi connectivity index (χ1) is 11.5. The van der Waals surface area contributed by atoms with Gasteiger partial charge in [-0.1, -0.05) is 29.3 Å². The Balaban J connectivity index is 1.88. The van der Waals surface area contributed by atoms with Crippen LogP contribution in [0, 0.1) is 5.92 Å². The molecular formula is C16H22Cl2N4O2. The Hall–Kier alpha value is -1.34. The topological polar surface area (TPSA) is 87.5 Å². The molecule has 8 heteroatoms. The highest BCUT2D eigenvalue weighted by Gasteiger charge is 2.26. The van der Waals surface area contributed by atoms with Crippen molar-refractivity contribution in [2.24, 2.45) is 11.7 Å². The lowest BCUT2D eigenvalue weighted by Gasteiger charge is -2.31. The number of para-hydroxylation sites is 1. The minimum Gasteiger partial charge on any atom is -0.355 e. The number of halogens is 2.